The van der Waals surface area contributed by atoms with Gasteiger partial charge in [-0.2, -0.15) is 0 Å². The van der Waals surface area contributed by atoms with Crippen LogP contribution in [-0.2, 0) is 0 Å². The van der Waals surface area contributed by atoms with Crippen LogP contribution in [0.2, 0.25) is 5.02 Å². The van der Waals surface area contributed by atoms with Crippen LogP contribution in [0.1, 0.15) is 28.7 Å². The van der Waals surface area contributed by atoms with E-state index in [1.165, 1.54) is 0 Å². The Balaban J connectivity index is 2.40. The number of hydrogen-bond donors (Lipinski definition) is 2. The summed E-state index contributed by atoms with van der Waals surface area (Å²) in [5, 5.41) is 11.3. The Morgan fingerprint density at radius 2 is 1.95 bits per heavy atom. The van der Waals surface area contributed by atoms with E-state index in [4.69, 9.17) is 22.1 Å². The molecule has 0 saturated heterocycles. The first-order valence-corrected chi connectivity index (χ1v) is 7.22. The molecule has 4 heteroatoms. The number of aryl methyl sites for hydroxylation is 1. The minimum Gasteiger partial charge on any atom is -0.496 e. The smallest absolute Gasteiger partial charge is 0.122 e. The lowest BCUT2D eigenvalue weighted by atomic mass is 9.88. The molecule has 112 valence electrons. The van der Waals surface area contributed by atoms with Crippen LogP contribution in [0.15, 0.2) is 42.5 Å². The molecule has 0 spiro atoms. The highest BCUT2D eigenvalue weighted by Gasteiger charge is 2.24. The molecule has 0 heterocycles. The van der Waals surface area contributed by atoms with Gasteiger partial charge in [0.05, 0.1) is 13.2 Å². The fraction of sp³-hybridized carbons (Fsp3) is 0.294. The number of ether oxygens (including phenoxy) is 1. The largest absolute Gasteiger partial charge is 0.496 e. The molecule has 0 aliphatic heterocycles. The van der Waals surface area contributed by atoms with Gasteiger partial charge in [0, 0.05) is 23.0 Å². The summed E-state index contributed by atoms with van der Waals surface area (Å²) in [5.41, 5.74) is 8.56. The second-order valence-electron chi connectivity index (χ2n) is 5.09. The molecule has 0 fully saturated rings. The van der Waals surface area contributed by atoms with Crippen LogP contribution < -0.4 is 10.5 Å². The molecule has 0 aromatic heterocycles. The van der Waals surface area contributed by atoms with Crippen molar-refractivity contribution < 1.29 is 9.84 Å². The van der Waals surface area contributed by atoms with Crippen molar-refractivity contribution in [2.24, 2.45) is 5.73 Å². The number of rotatable bonds is 5. The van der Waals surface area contributed by atoms with Gasteiger partial charge in [-0.05, 0) is 36.2 Å². The van der Waals surface area contributed by atoms with Crippen molar-refractivity contribution in [1.29, 1.82) is 0 Å². The van der Waals surface area contributed by atoms with E-state index in [2.05, 4.69) is 0 Å². The number of aliphatic hydroxyl groups excluding tert-OH is 1. The zero-order valence-electron chi connectivity index (χ0n) is 12.2. The summed E-state index contributed by atoms with van der Waals surface area (Å²) in [4.78, 5) is 0. The Morgan fingerprint density at radius 1 is 1.24 bits per heavy atom. The zero-order chi connectivity index (χ0) is 15.4. The van der Waals surface area contributed by atoms with Crippen LogP contribution in [0.25, 0.3) is 0 Å². The summed E-state index contributed by atoms with van der Waals surface area (Å²) < 4.78 is 5.37. The normalized spacial score (nSPS) is 13.8. The van der Waals surface area contributed by atoms with Crippen LogP contribution >= 0.6 is 11.6 Å². The summed E-state index contributed by atoms with van der Waals surface area (Å²) in [6.45, 7) is 2.26. The molecular formula is C17H20ClNO2. The Morgan fingerprint density at radius 3 is 2.57 bits per heavy atom. The third-order valence-corrected chi connectivity index (χ3v) is 3.80. The van der Waals surface area contributed by atoms with E-state index in [1.54, 1.807) is 13.2 Å². The van der Waals surface area contributed by atoms with Crippen molar-refractivity contribution >= 4 is 11.6 Å². The highest BCUT2D eigenvalue weighted by molar-refractivity contribution is 6.30. The highest BCUT2D eigenvalue weighted by atomic mass is 35.5. The molecule has 3 nitrogen and oxygen atoms in total. The molecule has 2 rings (SSSR count). The van der Waals surface area contributed by atoms with Gasteiger partial charge in [0.2, 0.25) is 0 Å². The summed E-state index contributed by atoms with van der Waals surface area (Å²) in [5.74, 6) is 0.477. The average molecular weight is 306 g/mol. The number of halogens is 1. The maximum atomic E-state index is 10.7. The molecule has 0 saturated carbocycles. The van der Waals surface area contributed by atoms with E-state index in [9.17, 15) is 5.11 Å². The van der Waals surface area contributed by atoms with Crippen molar-refractivity contribution in [1.82, 2.24) is 0 Å². The quantitative estimate of drug-likeness (QED) is 0.890. The third kappa shape index (κ3) is 3.56. The molecular weight excluding hydrogens is 286 g/mol. The van der Waals surface area contributed by atoms with Gasteiger partial charge in [0.25, 0.3) is 0 Å². The van der Waals surface area contributed by atoms with E-state index >= 15 is 0 Å². The average Bonchev–Trinajstić information content (AvgIpc) is 2.47. The van der Waals surface area contributed by atoms with Crippen molar-refractivity contribution in [3.05, 3.63) is 64.2 Å². The highest BCUT2D eigenvalue weighted by Crippen LogP contribution is 2.36. The molecule has 0 bridgehead atoms. The Hall–Kier alpha value is -1.55. The molecule has 3 N–H and O–H groups in total. The summed E-state index contributed by atoms with van der Waals surface area (Å²) >= 11 is 6.08. The standard InChI is InChI=1S/C17H20ClNO2/c1-11-7-12(9-13(18)8-11)17(20)15(10-19)14-5-3-4-6-16(14)21-2/h3-9,15,17,20H,10,19H2,1-2H3. The van der Waals surface area contributed by atoms with Crippen LogP contribution in [-0.4, -0.2) is 18.8 Å². The first kappa shape index (κ1) is 15.8. The van der Waals surface area contributed by atoms with Crippen LogP contribution in [0.4, 0.5) is 0 Å². The fourth-order valence-corrected chi connectivity index (χ4v) is 2.86. The summed E-state index contributed by atoms with van der Waals surface area (Å²) in [7, 11) is 1.61. The minimum absolute atomic E-state index is 0.251. The third-order valence-electron chi connectivity index (χ3n) is 3.58. The minimum atomic E-state index is -0.733. The SMILES string of the molecule is COc1ccccc1C(CN)C(O)c1cc(C)cc(Cl)c1. The van der Waals surface area contributed by atoms with Crippen LogP contribution in [0.5, 0.6) is 5.75 Å². The van der Waals surface area contributed by atoms with Gasteiger partial charge < -0.3 is 15.6 Å². The van der Waals surface area contributed by atoms with Crippen molar-refractivity contribution in [3.63, 3.8) is 0 Å². The van der Waals surface area contributed by atoms with Gasteiger partial charge >= 0.3 is 0 Å². The van der Waals surface area contributed by atoms with Crippen LogP contribution in [0.3, 0.4) is 0 Å². The molecule has 21 heavy (non-hydrogen) atoms. The maximum absolute atomic E-state index is 10.7. The van der Waals surface area contributed by atoms with Gasteiger partial charge in [-0.1, -0.05) is 35.9 Å². The lowest BCUT2D eigenvalue weighted by Gasteiger charge is -2.24. The topological polar surface area (TPSA) is 55.5 Å². The van der Waals surface area contributed by atoms with E-state index in [0.29, 0.717) is 11.6 Å². The van der Waals surface area contributed by atoms with Crippen molar-refractivity contribution in [2.75, 3.05) is 13.7 Å². The van der Waals surface area contributed by atoms with Crippen molar-refractivity contribution in [3.8, 4) is 5.75 Å². The number of nitrogens with two attached hydrogens (primary N) is 1. The molecule has 0 aliphatic carbocycles. The van der Waals surface area contributed by atoms with E-state index in [0.717, 1.165) is 22.4 Å². The zero-order valence-corrected chi connectivity index (χ0v) is 13.0. The van der Waals surface area contributed by atoms with Gasteiger partial charge in [-0.15, -0.1) is 0 Å². The second kappa shape index (κ2) is 6.94. The van der Waals surface area contributed by atoms with Gasteiger partial charge in [0.15, 0.2) is 0 Å². The number of methoxy groups -OCH3 is 1. The summed E-state index contributed by atoms with van der Waals surface area (Å²) in [6, 6.07) is 13.2. The van der Waals surface area contributed by atoms with E-state index in [-0.39, 0.29) is 5.92 Å². The predicted molar refractivity (Wildman–Crippen MR) is 85.9 cm³/mol. The molecule has 0 amide bonds. The molecule has 2 aromatic rings. The molecule has 0 aliphatic rings. The lowest BCUT2D eigenvalue weighted by molar-refractivity contribution is 0.146. The molecule has 2 aromatic carbocycles. The van der Waals surface area contributed by atoms with Gasteiger partial charge in [-0.25, -0.2) is 0 Å². The monoisotopic (exact) mass is 305 g/mol. The van der Waals surface area contributed by atoms with Crippen molar-refractivity contribution in [2.45, 2.75) is 18.9 Å². The molecule has 2 atom stereocenters. The Labute approximate surface area is 130 Å². The first-order valence-electron chi connectivity index (χ1n) is 6.85. The fourth-order valence-electron chi connectivity index (χ4n) is 2.57. The predicted octanol–water partition coefficient (Wildman–Crippen LogP) is 3.43. The van der Waals surface area contributed by atoms with Gasteiger partial charge in [0.1, 0.15) is 5.75 Å². The van der Waals surface area contributed by atoms with E-state index in [1.807, 2.05) is 43.3 Å². The summed E-state index contributed by atoms with van der Waals surface area (Å²) in [6.07, 6.45) is -0.733. The lowest BCUT2D eigenvalue weighted by Crippen LogP contribution is -2.21. The number of aliphatic hydroxyl groups is 1. The second-order valence-corrected chi connectivity index (χ2v) is 5.53. The van der Waals surface area contributed by atoms with Gasteiger partial charge in [-0.3, -0.25) is 0 Å². The maximum Gasteiger partial charge on any atom is 0.122 e. The Kier molecular flexibility index (Phi) is 5.23. The molecule has 2 unspecified atom stereocenters. The first-order chi connectivity index (χ1) is 10.1. The van der Waals surface area contributed by atoms with Crippen LogP contribution in [0, 0.1) is 6.92 Å². The number of benzene rings is 2. The van der Waals surface area contributed by atoms with E-state index < -0.39 is 6.10 Å². The molecule has 0 radical (unpaired) electrons. The Bertz CT molecular complexity index is 595. The number of para-hydroxylation sites is 1. The number of hydrogen-bond acceptors (Lipinski definition) is 3.